The molecule has 0 saturated carbocycles. The van der Waals surface area contributed by atoms with E-state index in [4.69, 9.17) is 6.42 Å². The average molecular weight is 211 g/mol. The molecular weight excluding hydrogens is 198 g/mol. The van der Waals surface area contributed by atoms with E-state index in [9.17, 15) is 4.79 Å². The van der Waals surface area contributed by atoms with Crippen LogP contribution in [0.25, 0.3) is 0 Å². The maximum atomic E-state index is 12.1. The number of rotatable bonds is 3. The fraction of sp³-hybridized carbons (Fsp3) is 0.214. The van der Waals surface area contributed by atoms with Crippen molar-refractivity contribution in [3.63, 3.8) is 0 Å². The quantitative estimate of drug-likeness (QED) is 0.555. The number of carbonyl (C=O) groups is 1. The summed E-state index contributed by atoms with van der Waals surface area (Å²) >= 11 is 0. The molecule has 80 valence electrons. The molecule has 0 N–H and O–H groups in total. The zero-order chi connectivity index (χ0) is 11.5. The Hall–Kier alpha value is -2.01. The Balaban J connectivity index is 2.43. The molecule has 0 fully saturated rings. The summed E-state index contributed by atoms with van der Waals surface area (Å²) in [6.07, 6.45) is 7.86. The van der Waals surface area contributed by atoms with Crippen molar-refractivity contribution >= 4 is 5.91 Å². The van der Waals surface area contributed by atoms with Crippen molar-refractivity contribution in [3.05, 3.63) is 48.0 Å². The average Bonchev–Trinajstić information content (AvgIpc) is 2.57. The van der Waals surface area contributed by atoms with Gasteiger partial charge in [-0.2, -0.15) is 0 Å². The summed E-state index contributed by atoms with van der Waals surface area (Å²) in [7, 11) is 0. The molecule has 0 aromatic heterocycles. The molecule has 0 aliphatic carbocycles. The first-order valence-corrected chi connectivity index (χ1v) is 5.24. The van der Waals surface area contributed by atoms with Crippen molar-refractivity contribution < 1.29 is 4.79 Å². The van der Waals surface area contributed by atoms with Crippen LogP contribution in [-0.4, -0.2) is 17.4 Å². The van der Waals surface area contributed by atoms with Gasteiger partial charge in [-0.1, -0.05) is 30.2 Å². The van der Waals surface area contributed by atoms with E-state index in [-0.39, 0.29) is 11.9 Å². The predicted octanol–water partition coefficient (Wildman–Crippen LogP) is 2.39. The Labute approximate surface area is 95.6 Å². The number of benzene rings is 1. The molecule has 1 aliphatic rings. The third-order valence-electron chi connectivity index (χ3n) is 2.84. The van der Waals surface area contributed by atoms with Crippen LogP contribution in [0.4, 0.5) is 0 Å². The van der Waals surface area contributed by atoms with Crippen molar-refractivity contribution in [2.45, 2.75) is 12.5 Å². The van der Waals surface area contributed by atoms with E-state index in [0.29, 0.717) is 6.54 Å². The number of amides is 1. The van der Waals surface area contributed by atoms with Gasteiger partial charge >= 0.3 is 0 Å². The summed E-state index contributed by atoms with van der Waals surface area (Å²) in [6, 6.07) is 7.71. The topological polar surface area (TPSA) is 20.3 Å². The lowest BCUT2D eigenvalue weighted by atomic mass is 10.0. The molecule has 1 aliphatic heterocycles. The third kappa shape index (κ3) is 1.51. The van der Waals surface area contributed by atoms with E-state index in [2.05, 4.69) is 12.5 Å². The van der Waals surface area contributed by atoms with Gasteiger partial charge in [0.15, 0.2) is 0 Å². The van der Waals surface area contributed by atoms with Crippen LogP contribution in [0.1, 0.15) is 28.4 Å². The van der Waals surface area contributed by atoms with E-state index in [1.807, 2.05) is 30.3 Å². The molecule has 0 radical (unpaired) electrons. The maximum Gasteiger partial charge on any atom is 0.255 e. The lowest BCUT2D eigenvalue weighted by molar-refractivity contribution is 0.0753. The van der Waals surface area contributed by atoms with Gasteiger partial charge in [0.25, 0.3) is 5.91 Å². The number of terminal acetylenes is 1. The predicted molar refractivity (Wildman–Crippen MR) is 63.9 cm³/mol. The minimum atomic E-state index is 0.0281. The van der Waals surface area contributed by atoms with Gasteiger partial charge < -0.3 is 4.90 Å². The number of hydrogen-bond donors (Lipinski definition) is 0. The van der Waals surface area contributed by atoms with Gasteiger partial charge in [0.05, 0.1) is 12.6 Å². The van der Waals surface area contributed by atoms with Crippen molar-refractivity contribution in [1.29, 1.82) is 0 Å². The smallest absolute Gasteiger partial charge is 0.255 e. The van der Waals surface area contributed by atoms with Gasteiger partial charge in [-0.05, 0) is 18.1 Å². The van der Waals surface area contributed by atoms with E-state index >= 15 is 0 Å². The lowest BCUT2D eigenvalue weighted by Crippen LogP contribution is -2.28. The Kier molecular flexibility index (Phi) is 2.78. The van der Waals surface area contributed by atoms with E-state index in [1.165, 1.54) is 0 Å². The molecule has 16 heavy (non-hydrogen) atoms. The third-order valence-corrected chi connectivity index (χ3v) is 2.84. The zero-order valence-corrected chi connectivity index (χ0v) is 9.02. The molecular formula is C14H13NO. The van der Waals surface area contributed by atoms with Gasteiger partial charge in [-0.15, -0.1) is 13.0 Å². The Morgan fingerprint density at radius 1 is 1.50 bits per heavy atom. The highest BCUT2D eigenvalue weighted by molar-refractivity contribution is 5.99. The second-order valence-electron chi connectivity index (χ2n) is 3.76. The molecule has 1 amide bonds. The van der Waals surface area contributed by atoms with E-state index < -0.39 is 0 Å². The summed E-state index contributed by atoms with van der Waals surface area (Å²) in [5.41, 5.74) is 1.83. The number of carbonyl (C=O) groups excluding carboxylic acids is 1. The second-order valence-corrected chi connectivity index (χ2v) is 3.76. The summed E-state index contributed by atoms with van der Waals surface area (Å²) in [4.78, 5) is 13.8. The second kappa shape index (κ2) is 4.24. The first-order valence-electron chi connectivity index (χ1n) is 5.24. The first kappa shape index (κ1) is 10.5. The van der Waals surface area contributed by atoms with Crippen LogP contribution in [0.2, 0.25) is 0 Å². The van der Waals surface area contributed by atoms with Crippen LogP contribution >= 0.6 is 0 Å². The molecule has 1 atom stereocenters. The van der Waals surface area contributed by atoms with Gasteiger partial charge in [-0.25, -0.2) is 0 Å². The molecule has 0 bridgehead atoms. The van der Waals surface area contributed by atoms with Crippen molar-refractivity contribution in [2.75, 3.05) is 6.54 Å². The fourth-order valence-electron chi connectivity index (χ4n) is 2.14. The van der Waals surface area contributed by atoms with Crippen LogP contribution < -0.4 is 0 Å². The number of hydrogen-bond acceptors (Lipinski definition) is 1. The van der Waals surface area contributed by atoms with Gasteiger partial charge in [0.2, 0.25) is 0 Å². The van der Waals surface area contributed by atoms with Crippen molar-refractivity contribution in [1.82, 2.24) is 4.90 Å². The minimum Gasteiger partial charge on any atom is -0.320 e. The lowest BCUT2D eigenvalue weighted by Gasteiger charge is -2.21. The molecule has 1 aromatic rings. The maximum absolute atomic E-state index is 12.1. The van der Waals surface area contributed by atoms with Gasteiger partial charge in [-0.3, -0.25) is 4.79 Å². The highest BCUT2D eigenvalue weighted by atomic mass is 16.2. The molecule has 2 nitrogen and oxygen atoms in total. The van der Waals surface area contributed by atoms with Crippen LogP contribution in [-0.2, 0) is 0 Å². The number of nitrogens with zero attached hydrogens (tertiary/aromatic N) is 1. The Morgan fingerprint density at radius 2 is 2.25 bits per heavy atom. The molecule has 1 aromatic carbocycles. The SMILES string of the molecule is C#CCN1C(=O)c2ccccc2C1CC=C. The molecule has 0 saturated heterocycles. The van der Waals surface area contributed by atoms with Crippen LogP contribution in [0, 0.1) is 12.3 Å². The Morgan fingerprint density at radius 3 is 2.94 bits per heavy atom. The highest BCUT2D eigenvalue weighted by Crippen LogP contribution is 2.35. The zero-order valence-electron chi connectivity index (χ0n) is 9.02. The molecule has 0 spiro atoms. The standard InChI is InChI=1S/C14H13NO/c1-3-7-13-11-8-5-6-9-12(11)14(16)15(13)10-4-2/h2-3,5-6,8-9,13H,1,7,10H2. The van der Waals surface area contributed by atoms with Crippen molar-refractivity contribution in [3.8, 4) is 12.3 Å². The normalized spacial score (nSPS) is 18.1. The van der Waals surface area contributed by atoms with Crippen LogP contribution in [0.5, 0.6) is 0 Å². The van der Waals surface area contributed by atoms with Gasteiger partial charge in [0.1, 0.15) is 0 Å². The fourth-order valence-corrected chi connectivity index (χ4v) is 2.14. The monoisotopic (exact) mass is 211 g/mol. The van der Waals surface area contributed by atoms with Crippen LogP contribution in [0.3, 0.4) is 0 Å². The first-order chi connectivity index (χ1) is 7.79. The van der Waals surface area contributed by atoms with Crippen molar-refractivity contribution in [2.24, 2.45) is 0 Å². The van der Waals surface area contributed by atoms with Gasteiger partial charge in [0, 0.05) is 5.56 Å². The summed E-state index contributed by atoms with van der Waals surface area (Å²) < 4.78 is 0. The van der Waals surface area contributed by atoms with E-state index in [0.717, 1.165) is 17.5 Å². The van der Waals surface area contributed by atoms with Crippen LogP contribution in [0.15, 0.2) is 36.9 Å². The molecule has 2 heteroatoms. The van der Waals surface area contributed by atoms with E-state index in [1.54, 1.807) is 4.90 Å². The Bertz CT molecular complexity index is 470. The molecule has 2 rings (SSSR count). The molecule has 1 heterocycles. The minimum absolute atomic E-state index is 0.0281. The molecule has 1 unspecified atom stereocenters. The summed E-state index contributed by atoms with van der Waals surface area (Å²) in [6.45, 7) is 4.08. The largest absolute Gasteiger partial charge is 0.320 e. The summed E-state index contributed by atoms with van der Waals surface area (Å²) in [5.74, 6) is 2.56. The number of fused-ring (bicyclic) bond motifs is 1. The summed E-state index contributed by atoms with van der Waals surface area (Å²) in [5, 5.41) is 0. The highest BCUT2D eigenvalue weighted by Gasteiger charge is 2.34.